The number of nitrogens with zero attached hydrogens (tertiary/aromatic N) is 1. The summed E-state index contributed by atoms with van der Waals surface area (Å²) in [5.41, 5.74) is 3.58. The van der Waals surface area contributed by atoms with E-state index in [1.54, 1.807) is 0 Å². The lowest BCUT2D eigenvalue weighted by Gasteiger charge is -2.13. The van der Waals surface area contributed by atoms with Gasteiger partial charge < -0.3 is 21.7 Å². The topological polar surface area (TPSA) is 16.1 Å². The lowest BCUT2D eigenvalue weighted by Crippen LogP contribution is -2.34. The van der Waals surface area contributed by atoms with E-state index in [0.717, 1.165) is 30.2 Å². The van der Waals surface area contributed by atoms with Crippen molar-refractivity contribution in [1.29, 1.82) is 0 Å². The van der Waals surface area contributed by atoms with Crippen molar-refractivity contribution in [2.75, 3.05) is 13.1 Å². The second-order valence-electron chi connectivity index (χ2n) is 6.88. The summed E-state index contributed by atoms with van der Waals surface area (Å²) in [5.74, 6) is 1.92. The zero-order valence-corrected chi connectivity index (χ0v) is 15.7. The van der Waals surface area contributed by atoms with E-state index in [1.165, 1.54) is 35.7 Å². The van der Waals surface area contributed by atoms with E-state index in [4.69, 9.17) is 4.42 Å². The van der Waals surface area contributed by atoms with Crippen LogP contribution in [0.2, 0.25) is 0 Å². The van der Waals surface area contributed by atoms with E-state index in [-0.39, 0.29) is 0 Å². The summed E-state index contributed by atoms with van der Waals surface area (Å²) in [5, 5.41) is 1.28. The van der Waals surface area contributed by atoms with Crippen molar-refractivity contribution in [3.8, 4) is 22.6 Å². The lowest BCUT2D eigenvalue weighted by molar-refractivity contribution is 0.368. The van der Waals surface area contributed by atoms with Gasteiger partial charge in [0.05, 0.1) is 6.07 Å². The van der Waals surface area contributed by atoms with E-state index in [9.17, 15) is 17.3 Å². The minimum Gasteiger partial charge on any atom is -0.456 e. The third-order valence-electron chi connectivity index (χ3n) is 4.74. The third kappa shape index (κ3) is 5.47. The summed E-state index contributed by atoms with van der Waals surface area (Å²) in [6, 6.07) is 19.1. The first kappa shape index (κ1) is 20.2. The van der Waals surface area contributed by atoms with Gasteiger partial charge >= 0.3 is 7.25 Å². The quantitative estimate of drug-likeness (QED) is 0.299. The first-order chi connectivity index (χ1) is 13.3. The molecule has 0 N–H and O–H groups in total. The Morgan fingerprint density at radius 3 is 2.11 bits per heavy atom. The zero-order chi connectivity index (χ0) is 20.1. The average molecular weight is 391 g/mol. The van der Waals surface area contributed by atoms with Crippen molar-refractivity contribution >= 4 is 7.25 Å². The van der Waals surface area contributed by atoms with Crippen molar-refractivity contribution in [2.45, 2.75) is 26.2 Å². The standard InChI is InChI=1S/C21H22NO.BF4/c1-16-14-20(17-8-4-2-5-9-17)23-21-15-18(10-11-19(16)21)22-12-6-3-7-13-22;2-1(3,4)5/h2,4-5,8-11,14-15H,3,6-7,12-13H2,1H3;/q+1;-1. The summed E-state index contributed by atoms with van der Waals surface area (Å²) in [4.78, 5) is 0. The predicted molar refractivity (Wildman–Crippen MR) is 105 cm³/mol. The summed E-state index contributed by atoms with van der Waals surface area (Å²) in [7, 11) is -6.00. The molecular weight excluding hydrogens is 369 g/mol. The van der Waals surface area contributed by atoms with Gasteiger partial charge in [0.2, 0.25) is 5.36 Å². The van der Waals surface area contributed by atoms with Crippen LogP contribution in [0.4, 0.5) is 17.3 Å². The maximum atomic E-state index is 9.75. The van der Waals surface area contributed by atoms with Gasteiger partial charge in [0.1, 0.15) is 24.6 Å². The molecule has 3 aliphatic rings. The number of rotatable bonds is 1. The Labute approximate surface area is 161 Å². The molecule has 4 rings (SSSR count). The monoisotopic (exact) mass is 391 g/mol. The van der Waals surface area contributed by atoms with E-state index < -0.39 is 7.25 Å². The number of aryl methyl sites for hydroxylation is 1. The van der Waals surface area contributed by atoms with Crippen LogP contribution in [0.3, 0.4) is 0 Å². The molecule has 0 atom stereocenters. The Kier molecular flexibility index (Phi) is 6.22. The Hall–Kier alpha value is -2.57. The summed E-state index contributed by atoms with van der Waals surface area (Å²) in [6.07, 6.45) is 3.93. The SMILES string of the molecule is Cc1cc(-c2ccccc2)oc2cc(=[N+]3CCCCC3)ccc1-2.F[B-](F)(F)F. The van der Waals surface area contributed by atoms with Crippen molar-refractivity contribution < 1.29 is 21.7 Å². The smallest absolute Gasteiger partial charge is 0.456 e. The van der Waals surface area contributed by atoms with E-state index in [1.807, 2.05) is 6.07 Å². The fraction of sp³-hybridized carbons (Fsp3) is 0.286. The molecule has 1 fully saturated rings. The van der Waals surface area contributed by atoms with Gasteiger partial charge in [0, 0.05) is 30.0 Å². The summed E-state index contributed by atoms with van der Waals surface area (Å²) < 4.78 is 47.7. The van der Waals surface area contributed by atoms with Gasteiger partial charge in [-0.05, 0) is 31.0 Å². The van der Waals surface area contributed by atoms with Crippen LogP contribution >= 0.6 is 0 Å². The molecule has 1 saturated heterocycles. The summed E-state index contributed by atoms with van der Waals surface area (Å²) in [6.45, 7) is 4.47. The van der Waals surface area contributed by atoms with Gasteiger partial charge in [0.15, 0.2) is 0 Å². The van der Waals surface area contributed by atoms with Gasteiger partial charge in [-0.1, -0.05) is 30.3 Å². The highest BCUT2D eigenvalue weighted by Crippen LogP contribution is 2.30. The molecule has 2 heterocycles. The number of halogens is 4. The molecule has 1 aromatic carbocycles. The molecule has 0 unspecified atom stereocenters. The fourth-order valence-corrected chi connectivity index (χ4v) is 3.44. The van der Waals surface area contributed by atoms with Crippen LogP contribution in [0, 0.1) is 6.92 Å². The van der Waals surface area contributed by atoms with Gasteiger partial charge in [-0.15, -0.1) is 0 Å². The van der Waals surface area contributed by atoms with E-state index >= 15 is 0 Å². The van der Waals surface area contributed by atoms with Crippen LogP contribution in [0.1, 0.15) is 24.8 Å². The molecule has 1 aromatic rings. The maximum Gasteiger partial charge on any atom is 0.673 e. The molecule has 0 radical (unpaired) electrons. The lowest BCUT2D eigenvalue weighted by atomic mass is 10.0. The first-order valence-corrected chi connectivity index (χ1v) is 9.36. The molecule has 2 aliphatic heterocycles. The van der Waals surface area contributed by atoms with Crippen LogP contribution < -0.4 is 9.93 Å². The normalized spacial score (nSPS) is 14.5. The Balaban J connectivity index is 0.000000403. The number of fused-ring (bicyclic) bond motifs is 1. The second kappa shape index (κ2) is 8.63. The number of hydrogen-bond donors (Lipinski definition) is 0. The number of piperidine rings is 1. The van der Waals surface area contributed by atoms with E-state index in [2.05, 4.69) is 60.0 Å². The highest BCUT2D eigenvalue weighted by Gasteiger charge is 2.20. The molecule has 0 spiro atoms. The first-order valence-electron chi connectivity index (χ1n) is 9.36. The van der Waals surface area contributed by atoms with Crippen LogP contribution in [0.5, 0.6) is 0 Å². The highest BCUT2D eigenvalue weighted by molar-refractivity contribution is 6.50. The Morgan fingerprint density at radius 2 is 1.46 bits per heavy atom. The van der Waals surface area contributed by atoms with Crippen LogP contribution in [0.25, 0.3) is 22.6 Å². The molecule has 0 amide bonds. The predicted octanol–water partition coefficient (Wildman–Crippen LogP) is 5.62. The minimum atomic E-state index is -6.00. The molecule has 148 valence electrons. The Bertz CT molecular complexity index is 952. The molecule has 28 heavy (non-hydrogen) atoms. The number of hydrogen-bond acceptors (Lipinski definition) is 1. The van der Waals surface area contributed by atoms with Crippen molar-refractivity contribution in [3.05, 3.63) is 65.5 Å². The molecule has 0 bridgehead atoms. The van der Waals surface area contributed by atoms with Crippen molar-refractivity contribution in [3.63, 3.8) is 0 Å². The minimum absolute atomic E-state index is 0.936. The largest absolute Gasteiger partial charge is 0.673 e. The van der Waals surface area contributed by atoms with Gasteiger partial charge in [0.25, 0.3) is 0 Å². The van der Waals surface area contributed by atoms with Crippen LogP contribution in [-0.2, 0) is 0 Å². The van der Waals surface area contributed by atoms with Gasteiger partial charge in [-0.25, -0.2) is 4.58 Å². The highest BCUT2D eigenvalue weighted by atomic mass is 19.5. The Morgan fingerprint density at radius 1 is 0.821 bits per heavy atom. The second-order valence-corrected chi connectivity index (χ2v) is 6.88. The molecular formula is C21H22BF4NO. The van der Waals surface area contributed by atoms with Crippen LogP contribution in [-0.4, -0.2) is 20.3 Å². The maximum absolute atomic E-state index is 9.75. The molecule has 0 saturated carbocycles. The van der Waals surface area contributed by atoms with Crippen molar-refractivity contribution in [1.82, 2.24) is 4.58 Å². The van der Waals surface area contributed by atoms with Crippen LogP contribution in [0.15, 0.2) is 59.0 Å². The third-order valence-corrected chi connectivity index (χ3v) is 4.74. The fourth-order valence-electron chi connectivity index (χ4n) is 3.44. The van der Waals surface area contributed by atoms with Gasteiger partial charge in [-0.2, -0.15) is 0 Å². The zero-order valence-electron chi connectivity index (χ0n) is 15.7. The van der Waals surface area contributed by atoms with Gasteiger partial charge in [-0.3, -0.25) is 0 Å². The van der Waals surface area contributed by atoms with E-state index in [0.29, 0.717) is 0 Å². The number of benzene rings is 2. The average Bonchev–Trinajstić information content (AvgIpc) is 2.67. The van der Waals surface area contributed by atoms with Crippen molar-refractivity contribution in [2.24, 2.45) is 0 Å². The molecule has 2 nitrogen and oxygen atoms in total. The summed E-state index contributed by atoms with van der Waals surface area (Å²) >= 11 is 0. The molecule has 7 heteroatoms. The molecule has 1 aliphatic carbocycles. The molecule has 0 aromatic heterocycles.